The number of H-pyrrole nitrogens is 2. The van der Waals surface area contributed by atoms with Crippen molar-refractivity contribution in [3.05, 3.63) is 62.4 Å². The van der Waals surface area contributed by atoms with Gasteiger partial charge in [0, 0.05) is 11.8 Å². The molecule has 2 aromatic rings. The van der Waals surface area contributed by atoms with Gasteiger partial charge in [-0.3, -0.25) is 19.5 Å². The number of aromatic amines is 2. The Balaban J connectivity index is 0.000000704. The molecule has 1 aliphatic heterocycles. The highest BCUT2D eigenvalue weighted by molar-refractivity contribution is 6.09. The first kappa shape index (κ1) is 13.8. The van der Waals surface area contributed by atoms with Gasteiger partial charge in [0.2, 0.25) is 0 Å². The Labute approximate surface area is 115 Å². The molecule has 0 saturated heterocycles. The first-order valence-corrected chi connectivity index (χ1v) is 6.38. The summed E-state index contributed by atoms with van der Waals surface area (Å²) in [5, 5.41) is 0. The Morgan fingerprint density at radius 1 is 1.10 bits per heavy atom. The van der Waals surface area contributed by atoms with Crippen molar-refractivity contribution in [3.63, 3.8) is 0 Å². The average molecular weight is 273 g/mol. The van der Waals surface area contributed by atoms with Gasteiger partial charge in [0.15, 0.2) is 0 Å². The van der Waals surface area contributed by atoms with Crippen molar-refractivity contribution in [1.82, 2.24) is 9.97 Å². The van der Waals surface area contributed by atoms with E-state index in [9.17, 15) is 14.4 Å². The van der Waals surface area contributed by atoms with Gasteiger partial charge in [0.1, 0.15) is 5.69 Å². The second kappa shape index (κ2) is 5.56. The molecule has 6 nitrogen and oxygen atoms in total. The van der Waals surface area contributed by atoms with E-state index in [1.165, 1.54) is 11.1 Å². The molecule has 0 saturated carbocycles. The van der Waals surface area contributed by atoms with Crippen LogP contribution in [-0.2, 0) is 6.54 Å². The number of amides is 1. The smallest absolute Gasteiger partial charge is 0.312 e. The summed E-state index contributed by atoms with van der Waals surface area (Å²) >= 11 is 0. The van der Waals surface area contributed by atoms with Crippen molar-refractivity contribution in [1.29, 1.82) is 0 Å². The van der Waals surface area contributed by atoms with E-state index in [0.717, 1.165) is 5.56 Å². The van der Waals surface area contributed by atoms with Gasteiger partial charge >= 0.3 is 5.69 Å². The zero-order valence-corrected chi connectivity index (χ0v) is 11.3. The quantitative estimate of drug-likeness (QED) is 0.819. The summed E-state index contributed by atoms with van der Waals surface area (Å²) in [6, 6.07) is 7.18. The molecule has 0 atom stereocenters. The number of aromatic nitrogens is 2. The summed E-state index contributed by atoms with van der Waals surface area (Å²) < 4.78 is 0. The van der Waals surface area contributed by atoms with Crippen LogP contribution >= 0.6 is 0 Å². The summed E-state index contributed by atoms with van der Waals surface area (Å²) in [6.45, 7) is 4.34. The summed E-state index contributed by atoms with van der Waals surface area (Å²) in [5.74, 6) is -0.233. The van der Waals surface area contributed by atoms with Crippen molar-refractivity contribution in [3.8, 4) is 0 Å². The zero-order valence-electron chi connectivity index (χ0n) is 11.3. The minimum absolute atomic E-state index is 0.149. The molecular formula is C14H15N3O3. The molecule has 104 valence electrons. The molecule has 0 spiro atoms. The minimum atomic E-state index is -0.590. The van der Waals surface area contributed by atoms with Crippen LogP contribution in [0.2, 0.25) is 0 Å². The Hall–Kier alpha value is -2.63. The van der Waals surface area contributed by atoms with Crippen molar-refractivity contribution in [2.75, 3.05) is 4.90 Å². The predicted octanol–water partition coefficient (Wildman–Crippen LogP) is 1.25. The molecule has 0 aliphatic carbocycles. The van der Waals surface area contributed by atoms with Gasteiger partial charge in [-0.1, -0.05) is 32.0 Å². The lowest BCUT2D eigenvalue weighted by Crippen LogP contribution is -2.32. The second-order valence-corrected chi connectivity index (χ2v) is 4.01. The van der Waals surface area contributed by atoms with E-state index in [1.54, 1.807) is 12.1 Å². The molecule has 0 unspecified atom stereocenters. The molecule has 1 amide bonds. The highest BCUT2D eigenvalue weighted by Gasteiger charge is 2.29. The van der Waals surface area contributed by atoms with Gasteiger partial charge in [-0.15, -0.1) is 0 Å². The molecule has 2 N–H and O–H groups in total. The van der Waals surface area contributed by atoms with Crippen LogP contribution in [0.25, 0.3) is 0 Å². The highest BCUT2D eigenvalue weighted by atomic mass is 16.2. The number of hydrogen-bond donors (Lipinski definition) is 2. The number of benzene rings is 1. The first-order chi connectivity index (χ1) is 9.66. The van der Waals surface area contributed by atoms with E-state index in [1.807, 2.05) is 26.0 Å². The lowest BCUT2D eigenvalue weighted by molar-refractivity contribution is 0.0996. The third-order valence-electron chi connectivity index (χ3n) is 2.91. The summed E-state index contributed by atoms with van der Waals surface area (Å²) in [7, 11) is 0. The Kier molecular flexibility index (Phi) is 3.84. The van der Waals surface area contributed by atoms with Gasteiger partial charge in [0.05, 0.1) is 6.54 Å². The molecule has 1 aliphatic rings. The lowest BCUT2D eigenvalue weighted by Gasteiger charge is -2.13. The van der Waals surface area contributed by atoms with Gasteiger partial charge < -0.3 is 4.98 Å². The first-order valence-electron chi connectivity index (χ1n) is 6.38. The maximum absolute atomic E-state index is 12.1. The highest BCUT2D eigenvalue weighted by Crippen LogP contribution is 2.25. The number of carbonyl (C=O) groups excluding carboxylic acids is 1. The maximum atomic E-state index is 12.1. The van der Waals surface area contributed by atoms with E-state index >= 15 is 0 Å². The summed E-state index contributed by atoms with van der Waals surface area (Å²) in [4.78, 5) is 40.5. The molecule has 0 radical (unpaired) electrons. The Morgan fingerprint density at radius 3 is 2.45 bits per heavy atom. The number of hydrogen-bond acceptors (Lipinski definition) is 3. The molecule has 1 aromatic heterocycles. The molecule has 6 heteroatoms. The third kappa shape index (κ3) is 2.27. The fourth-order valence-corrected chi connectivity index (χ4v) is 2.05. The fourth-order valence-electron chi connectivity index (χ4n) is 2.05. The van der Waals surface area contributed by atoms with Crippen LogP contribution in [0.15, 0.2) is 40.1 Å². The van der Waals surface area contributed by atoms with Crippen LogP contribution in [0, 0.1) is 0 Å². The zero-order chi connectivity index (χ0) is 14.7. The molecule has 0 fully saturated rings. The fraction of sp³-hybridized carbons (Fsp3) is 0.214. The predicted molar refractivity (Wildman–Crippen MR) is 76.0 cm³/mol. The monoisotopic (exact) mass is 273 g/mol. The van der Waals surface area contributed by atoms with E-state index in [-0.39, 0.29) is 11.6 Å². The molecular weight excluding hydrogens is 258 g/mol. The summed E-state index contributed by atoms with van der Waals surface area (Å²) in [5.41, 5.74) is 0.444. The Bertz CT molecular complexity index is 746. The van der Waals surface area contributed by atoms with Gasteiger partial charge in [-0.2, -0.15) is 0 Å². The van der Waals surface area contributed by atoms with E-state index in [0.29, 0.717) is 12.1 Å². The van der Waals surface area contributed by atoms with Crippen molar-refractivity contribution >= 4 is 11.6 Å². The van der Waals surface area contributed by atoms with E-state index in [4.69, 9.17) is 0 Å². The lowest BCUT2D eigenvalue weighted by atomic mass is 10.1. The maximum Gasteiger partial charge on any atom is 0.325 e. The van der Waals surface area contributed by atoms with E-state index < -0.39 is 11.2 Å². The van der Waals surface area contributed by atoms with Crippen LogP contribution in [0.1, 0.15) is 29.8 Å². The third-order valence-corrected chi connectivity index (χ3v) is 2.91. The molecule has 20 heavy (non-hydrogen) atoms. The van der Waals surface area contributed by atoms with E-state index in [2.05, 4.69) is 9.97 Å². The molecule has 0 bridgehead atoms. The Morgan fingerprint density at radius 2 is 1.80 bits per heavy atom. The number of anilines is 1. The van der Waals surface area contributed by atoms with Crippen molar-refractivity contribution < 1.29 is 4.79 Å². The van der Waals surface area contributed by atoms with Crippen LogP contribution in [0.4, 0.5) is 5.69 Å². The number of nitrogens with one attached hydrogen (secondary N) is 2. The topological polar surface area (TPSA) is 86.0 Å². The molecule has 1 aromatic carbocycles. The minimum Gasteiger partial charge on any atom is -0.312 e. The van der Waals surface area contributed by atoms with Crippen LogP contribution < -0.4 is 16.1 Å². The standard InChI is InChI=1S/C12H9N3O3.C2H6/c16-10-9(5-13-12(18)14-10)15-6-7-3-1-2-4-8(7)11(15)17;1-2/h1-5H,6H2,(H2,13,14,16,18);1-2H3. The van der Waals surface area contributed by atoms with Gasteiger partial charge in [-0.25, -0.2) is 4.79 Å². The number of fused-ring (bicyclic) bond motifs is 1. The van der Waals surface area contributed by atoms with Gasteiger partial charge in [-0.05, 0) is 11.6 Å². The second-order valence-electron chi connectivity index (χ2n) is 4.01. The number of carbonyl (C=O) groups is 1. The number of nitrogens with zero attached hydrogens (tertiary/aromatic N) is 1. The normalized spacial score (nSPS) is 12.7. The number of rotatable bonds is 1. The molecule has 2 heterocycles. The van der Waals surface area contributed by atoms with Gasteiger partial charge in [0.25, 0.3) is 11.5 Å². The SMILES string of the molecule is CC.O=C1c2ccccc2CN1c1c[nH]c(=O)[nH]c1=O. The molecule has 3 rings (SSSR count). The van der Waals surface area contributed by atoms with Crippen LogP contribution in [-0.4, -0.2) is 15.9 Å². The van der Waals surface area contributed by atoms with Crippen LogP contribution in [0.5, 0.6) is 0 Å². The van der Waals surface area contributed by atoms with Crippen molar-refractivity contribution in [2.24, 2.45) is 0 Å². The van der Waals surface area contributed by atoms with Crippen LogP contribution in [0.3, 0.4) is 0 Å². The average Bonchev–Trinajstić information content (AvgIpc) is 2.79. The van der Waals surface area contributed by atoms with Crippen molar-refractivity contribution in [2.45, 2.75) is 20.4 Å². The summed E-state index contributed by atoms with van der Waals surface area (Å²) in [6.07, 6.45) is 1.25. The largest absolute Gasteiger partial charge is 0.325 e.